The van der Waals surface area contributed by atoms with E-state index in [0.717, 1.165) is 36.9 Å². The first-order chi connectivity index (χ1) is 12.9. The van der Waals surface area contributed by atoms with Gasteiger partial charge in [-0.1, -0.05) is 26.0 Å². The first-order valence-electron chi connectivity index (χ1n) is 9.45. The quantitative estimate of drug-likeness (QED) is 0.309. The third-order valence-corrected chi connectivity index (χ3v) is 5.66. The monoisotopic (exact) mass is 516 g/mol. The number of halogens is 1. The highest BCUT2D eigenvalue weighted by Crippen LogP contribution is 2.26. The second-order valence-corrected chi connectivity index (χ2v) is 8.52. The predicted octanol–water partition coefficient (Wildman–Crippen LogP) is 4.46. The number of guanidine groups is 1. The molecule has 0 saturated carbocycles. The number of nitrogens with zero attached hydrogens (tertiary/aromatic N) is 2. The summed E-state index contributed by atoms with van der Waals surface area (Å²) in [7, 11) is 1.70. The summed E-state index contributed by atoms with van der Waals surface area (Å²) >= 11 is 1.77. The number of rotatable bonds is 8. The molecular weight excluding hydrogens is 483 g/mol. The second-order valence-electron chi connectivity index (χ2n) is 7.24. The molecule has 2 N–H and O–H groups in total. The molecule has 0 aliphatic carbocycles. The van der Waals surface area contributed by atoms with Crippen LogP contribution in [0.15, 0.2) is 29.3 Å². The van der Waals surface area contributed by atoms with Gasteiger partial charge in [0.1, 0.15) is 5.75 Å². The van der Waals surface area contributed by atoms with Crippen molar-refractivity contribution in [3.63, 3.8) is 0 Å². The number of aromatic nitrogens is 1. The lowest BCUT2D eigenvalue weighted by Gasteiger charge is -2.24. The number of ether oxygens (including phenoxy) is 1. The van der Waals surface area contributed by atoms with E-state index in [1.807, 2.05) is 12.1 Å². The van der Waals surface area contributed by atoms with Gasteiger partial charge >= 0.3 is 0 Å². The first-order valence-corrected chi connectivity index (χ1v) is 10.3. The Morgan fingerprint density at radius 3 is 2.61 bits per heavy atom. The van der Waals surface area contributed by atoms with Gasteiger partial charge in [-0.15, -0.1) is 35.3 Å². The SMILES string of the molecule is CCNC(=NCC(C)(C)c1cccc(OC)c1)NCCc1nc(C)c(C)s1.I. The van der Waals surface area contributed by atoms with E-state index in [9.17, 15) is 0 Å². The summed E-state index contributed by atoms with van der Waals surface area (Å²) in [6.45, 7) is 13.0. The van der Waals surface area contributed by atoms with Crippen molar-refractivity contribution in [3.8, 4) is 5.75 Å². The Hall–Kier alpha value is -1.35. The molecule has 1 aromatic heterocycles. The molecule has 0 aliphatic heterocycles. The van der Waals surface area contributed by atoms with Crippen LogP contribution in [-0.4, -0.2) is 37.7 Å². The van der Waals surface area contributed by atoms with Crippen LogP contribution in [0.1, 0.15) is 41.9 Å². The van der Waals surface area contributed by atoms with Crippen LogP contribution in [-0.2, 0) is 11.8 Å². The van der Waals surface area contributed by atoms with Gasteiger partial charge in [-0.05, 0) is 38.5 Å². The molecule has 0 atom stereocenters. The Morgan fingerprint density at radius 1 is 1.25 bits per heavy atom. The van der Waals surface area contributed by atoms with Crippen LogP contribution in [0.2, 0.25) is 0 Å². The maximum absolute atomic E-state index is 5.35. The zero-order chi connectivity index (χ0) is 19.9. The molecule has 0 bridgehead atoms. The first kappa shape index (κ1) is 24.7. The number of benzene rings is 1. The number of hydrogen-bond acceptors (Lipinski definition) is 4. The van der Waals surface area contributed by atoms with Crippen LogP contribution in [0.3, 0.4) is 0 Å². The summed E-state index contributed by atoms with van der Waals surface area (Å²) < 4.78 is 5.35. The summed E-state index contributed by atoms with van der Waals surface area (Å²) in [6, 6.07) is 8.21. The van der Waals surface area contributed by atoms with Gasteiger partial charge in [-0.25, -0.2) is 4.98 Å². The Kier molecular flexibility index (Phi) is 10.2. The van der Waals surface area contributed by atoms with Crippen LogP contribution in [0.4, 0.5) is 0 Å². The summed E-state index contributed by atoms with van der Waals surface area (Å²) in [5, 5.41) is 7.93. The predicted molar refractivity (Wildman–Crippen MR) is 131 cm³/mol. The van der Waals surface area contributed by atoms with Crippen LogP contribution in [0.25, 0.3) is 0 Å². The molecule has 0 radical (unpaired) electrons. The standard InChI is InChI=1S/C21H32N4OS.HI/c1-7-22-20(23-12-11-19-25-15(2)16(3)27-19)24-14-21(4,5)17-9-8-10-18(13-17)26-6;/h8-10,13H,7,11-12,14H2,1-6H3,(H2,22,23,24);1H. The summed E-state index contributed by atoms with van der Waals surface area (Å²) in [5.74, 6) is 1.72. The number of methoxy groups -OCH3 is 1. The van der Waals surface area contributed by atoms with Gasteiger partial charge < -0.3 is 15.4 Å². The Labute approximate surface area is 190 Å². The molecule has 1 heterocycles. The number of aryl methyl sites for hydroxylation is 2. The maximum atomic E-state index is 5.35. The fourth-order valence-electron chi connectivity index (χ4n) is 2.69. The largest absolute Gasteiger partial charge is 0.497 e. The zero-order valence-electron chi connectivity index (χ0n) is 17.8. The van der Waals surface area contributed by atoms with Crippen molar-refractivity contribution in [1.29, 1.82) is 0 Å². The van der Waals surface area contributed by atoms with Gasteiger partial charge in [0.05, 0.1) is 24.4 Å². The fourth-order valence-corrected chi connectivity index (χ4v) is 3.62. The maximum Gasteiger partial charge on any atom is 0.191 e. The van der Waals surface area contributed by atoms with E-state index < -0.39 is 0 Å². The second kappa shape index (κ2) is 11.6. The topological polar surface area (TPSA) is 58.5 Å². The minimum absolute atomic E-state index is 0. The van der Waals surface area contributed by atoms with Crippen molar-refractivity contribution < 1.29 is 4.74 Å². The molecule has 0 saturated heterocycles. The van der Waals surface area contributed by atoms with E-state index in [0.29, 0.717) is 6.54 Å². The Morgan fingerprint density at radius 2 is 2.00 bits per heavy atom. The molecule has 2 aromatic rings. The van der Waals surface area contributed by atoms with E-state index in [4.69, 9.17) is 9.73 Å². The van der Waals surface area contributed by atoms with Crippen molar-refractivity contribution in [2.24, 2.45) is 4.99 Å². The van der Waals surface area contributed by atoms with Gasteiger partial charge in [-0.2, -0.15) is 0 Å². The lowest BCUT2D eigenvalue weighted by molar-refractivity contribution is 0.412. The smallest absolute Gasteiger partial charge is 0.191 e. The van der Waals surface area contributed by atoms with Gasteiger partial charge in [0.25, 0.3) is 0 Å². The number of nitrogens with one attached hydrogen (secondary N) is 2. The van der Waals surface area contributed by atoms with Gasteiger partial charge in [-0.3, -0.25) is 4.99 Å². The zero-order valence-corrected chi connectivity index (χ0v) is 20.9. The molecule has 156 valence electrons. The molecular formula is C21H33IN4OS. The number of aliphatic imine (C=N–C) groups is 1. The number of thiazole rings is 1. The fraction of sp³-hybridized carbons (Fsp3) is 0.524. The Bertz CT molecular complexity index is 754. The minimum Gasteiger partial charge on any atom is -0.497 e. The molecule has 0 amide bonds. The van der Waals surface area contributed by atoms with Crippen molar-refractivity contribution in [2.75, 3.05) is 26.7 Å². The average Bonchev–Trinajstić information content (AvgIpc) is 2.97. The van der Waals surface area contributed by atoms with E-state index in [1.165, 1.54) is 15.4 Å². The van der Waals surface area contributed by atoms with Crippen LogP contribution in [0.5, 0.6) is 5.75 Å². The van der Waals surface area contributed by atoms with E-state index in [-0.39, 0.29) is 29.4 Å². The summed E-state index contributed by atoms with van der Waals surface area (Å²) in [4.78, 5) is 10.7. The van der Waals surface area contributed by atoms with Gasteiger partial charge in [0.2, 0.25) is 0 Å². The molecule has 7 heteroatoms. The molecule has 0 fully saturated rings. The lowest BCUT2D eigenvalue weighted by atomic mass is 9.85. The van der Waals surface area contributed by atoms with Gasteiger partial charge in [0.15, 0.2) is 5.96 Å². The third kappa shape index (κ3) is 7.24. The highest BCUT2D eigenvalue weighted by atomic mass is 127. The molecule has 0 unspecified atom stereocenters. The highest BCUT2D eigenvalue weighted by molar-refractivity contribution is 14.0. The molecule has 0 aliphatic rings. The molecule has 5 nitrogen and oxygen atoms in total. The van der Waals surface area contributed by atoms with Crippen molar-refractivity contribution in [3.05, 3.63) is 45.4 Å². The summed E-state index contributed by atoms with van der Waals surface area (Å²) in [5.41, 5.74) is 2.27. The van der Waals surface area contributed by atoms with Crippen LogP contribution >= 0.6 is 35.3 Å². The van der Waals surface area contributed by atoms with E-state index in [1.54, 1.807) is 18.4 Å². The molecule has 1 aromatic carbocycles. The summed E-state index contributed by atoms with van der Waals surface area (Å²) in [6.07, 6.45) is 0.906. The van der Waals surface area contributed by atoms with Crippen LogP contribution < -0.4 is 15.4 Å². The highest BCUT2D eigenvalue weighted by Gasteiger charge is 2.21. The normalized spacial score (nSPS) is 11.7. The van der Waals surface area contributed by atoms with E-state index >= 15 is 0 Å². The molecule has 28 heavy (non-hydrogen) atoms. The van der Waals surface area contributed by atoms with E-state index in [2.05, 4.69) is 62.4 Å². The molecule has 0 spiro atoms. The van der Waals surface area contributed by atoms with Crippen LogP contribution in [0, 0.1) is 13.8 Å². The molecule has 2 rings (SSSR count). The van der Waals surface area contributed by atoms with Gasteiger partial charge in [0, 0.05) is 29.8 Å². The van der Waals surface area contributed by atoms with Crippen molar-refractivity contribution in [2.45, 2.75) is 46.5 Å². The average molecular weight is 516 g/mol. The number of hydrogen-bond donors (Lipinski definition) is 2. The van der Waals surface area contributed by atoms with Crippen molar-refractivity contribution >= 4 is 41.3 Å². The van der Waals surface area contributed by atoms with Crippen molar-refractivity contribution in [1.82, 2.24) is 15.6 Å². The third-order valence-electron chi connectivity index (χ3n) is 4.53. The minimum atomic E-state index is -0.0829. The lowest BCUT2D eigenvalue weighted by Crippen LogP contribution is -2.39. The Balaban J connectivity index is 0.00000392.